The van der Waals surface area contributed by atoms with Crippen molar-refractivity contribution in [3.05, 3.63) is 88.5 Å². The number of anilines is 1. The first-order valence-electron chi connectivity index (χ1n) is 11.9. The van der Waals surface area contributed by atoms with Crippen LogP contribution in [-0.2, 0) is 29.8 Å². The van der Waals surface area contributed by atoms with Gasteiger partial charge >= 0.3 is 0 Å². The fourth-order valence-electron chi connectivity index (χ4n) is 5.24. The summed E-state index contributed by atoms with van der Waals surface area (Å²) in [5, 5.41) is 11.7. The molecular weight excluding hydrogens is 442 g/mol. The Bertz CT molecular complexity index is 1300. The second-order valence-corrected chi connectivity index (χ2v) is 9.25. The number of nitrogens with zero attached hydrogens (tertiary/aromatic N) is 1. The summed E-state index contributed by atoms with van der Waals surface area (Å²) < 4.78 is 10.7. The van der Waals surface area contributed by atoms with Crippen molar-refractivity contribution in [2.75, 3.05) is 19.1 Å². The molecule has 1 aliphatic carbocycles. The molecule has 6 nitrogen and oxygen atoms in total. The number of ketones is 1. The Morgan fingerprint density at radius 1 is 0.943 bits per heavy atom. The average Bonchev–Trinajstić information content (AvgIpc) is 3.10. The third-order valence-electron chi connectivity index (χ3n) is 7.11. The van der Waals surface area contributed by atoms with E-state index in [0.717, 1.165) is 24.8 Å². The SMILES string of the molecule is COc1ccc(CN2C(=O)[C@@](O)(CC(=O)c3ccc4c(c3)CCCC4)c3ccccc32)cc1OC. The van der Waals surface area contributed by atoms with Crippen molar-refractivity contribution >= 4 is 17.4 Å². The van der Waals surface area contributed by atoms with Crippen molar-refractivity contribution < 1.29 is 24.2 Å². The molecule has 180 valence electrons. The van der Waals surface area contributed by atoms with Crippen LogP contribution in [0.2, 0.25) is 0 Å². The number of para-hydroxylation sites is 1. The minimum Gasteiger partial charge on any atom is -0.493 e. The van der Waals surface area contributed by atoms with Crippen LogP contribution in [0.4, 0.5) is 5.69 Å². The third kappa shape index (κ3) is 4.08. The Hall–Kier alpha value is -3.64. The van der Waals surface area contributed by atoms with Crippen LogP contribution in [0.25, 0.3) is 0 Å². The average molecular weight is 472 g/mol. The highest BCUT2D eigenvalue weighted by Crippen LogP contribution is 2.44. The van der Waals surface area contributed by atoms with Crippen LogP contribution in [0.5, 0.6) is 11.5 Å². The number of amides is 1. The number of ether oxygens (including phenoxy) is 2. The van der Waals surface area contributed by atoms with Crippen molar-refractivity contribution in [3.63, 3.8) is 0 Å². The molecule has 0 aromatic heterocycles. The molecule has 35 heavy (non-hydrogen) atoms. The Morgan fingerprint density at radius 3 is 2.46 bits per heavy atom. The summed E-state index contributed by atoms with van der Waals surface area (Å²) in [6.45, 7) is 0.228. The van der Waals surface area contributed by atoms with Crippen molar-refractivity contribution in [2.45, 2.75) is 44.2 Å². The molecule has 0 fully saturated rings. The van der Waals surface area contributed by atoms with Gasteiger partial charge in [-0.2, -0.15) is 0 Å². The number of carbonyl (C=O) groups excluding carboxylic acids is 2. The van der Waals surface area contributed by atoms with Gasteiger partial charge in [-0.05, 0) is 66.6 Å². The molecule has 0 bridgehead atoms. The van der Waals surface area contributed by atoms with Gasteiger partial charge in [0.1, 0.15) is 0 Å². The van der Waals surface area contributed by atoms with E-state index in [1.54, 1.807) is 38.5 Å². The highest BCUT2D eigenvalue weighted by atomic mass is 16.5. The lowest BCUT2D eigenvalue weighted by Crippen LogP contribution is -2.41. The molecule has 1 heterocycles. The second-order valence-electron chi connectivity index (χ2n) is 9.25. The van der Waals surface area contributed by atoms with Gasteiger partial charge in [-0.15, -0.1) is 0 Å². The van der Waals surface area contributed by atoms with Gasteiger partial charge in [-0.1, -0.05) is 36.4 Å². The van der Waals surface area contributed by atoms with Gasteiger partial charge in [-0.3, -0.25) is 9.59 Å². The van der Waals surface area contributed by atoms with Crippen LogP contribution in [-0.4, -0.2) is 31.0 Å². The largest absolute Gasteiger partial charge is 0.493 e. The van der Waals surface area contributed by atoms with Crippen LogP contribution in [0.1, 0.15) is 51.9 Å². The molecule has 1 aliphatic heterocycles. The summed E-state index contributed by atoms with van der Waals surface area (Å²) in [6, 6.07) is 18.3. The van der Waals surface area contributed by atoms with E-state index < -0.39 is 11.5 Å². The highest BCUT2D eigenvalue weighted by molar-refractivity contribution is 6.10. The number of methoxy groups -OCH3 is 2. The highest BCUT2D eigenvalue weighted by Gasteiger charge is 2.50. The molecule has 1 amide bonds. The molecule has 6 heteroatoms. The monoisotopic (exact) mass is 471 g/mol. The number of carbonyl (C=O) groups is 2. The number of hydrogen-bond acceptors (Lipinski definition) is 5. The van der Waals surface area contributed by atoms with Crippen molar-refractivity contribution in [3.8, 4) is 11.5 Å². The van der Waals surface area contributed by atoms with E-state index >= 15 is 0 Å². The Labute approximate surface area is 205 Å². The predicted molar refractivity (Wildman–Crippen MR) is 133 cm³/mol. The maximum atomic E-state index is 13.6. The minimum absolute atomic E-state index is 0.228. The third-order valence-corrected chi connectivity index (χ3v) is 7.11. The van der Waals surface area contributed by atoms with Crippen molar-refractivity contribution in [1.82, 2.24) is 0 Å². The number of hydrogen-bond donors (Lipinski definition) is 1. The van der Waals surface area contributed by atoms with E-state index in [0.29, 0.717) is 28.3 Å². The zero-order valence-electron chi connectivity index (χ0n) is 20.0. The predicted octanol–water partition coefficient (Wildman–Crippen LogP) is 4.59. The zero-order valence-corrected chi connectivity index (χ0v) is 20.0. The number of fused-ring (bicyclic) bond motifs is 2. The van der Waals surface area contributed by atoms with Crippen LogP contribution in [0.3, 0.4) is 0 Å². The molecule has 3 aromatic rings. The molecule has 0 spiro atoms. The van der Waals surface area contributed by atoms with E-state index in [2.05, 4.69) is 0 Å². The molecule has 1 N–H and O–H groups in total. The molecule has 0 radical (unpaired) electrons. The Balaban J connectivity index is 1.44. The van der Waals surface area contributed by atoms with Gasteiger partial charge in [0.05, 0.1) is 32.9 Å². The lowest BCUT2D eigenvalue weighted by atomic mass is 9.85. The fraction of sp³-hybridized carbons (Fsp3) is 0.310. The molecule has 3 aromatic carbocycles. The van der Waals surface area contributed by atoms with Gasteiger partial charge in [0.25, 0.3) is 5.91 Å². The van der Waals surface area contributed by atoms with E-state index in [1.165, 1.54) is 22.4 Å². The number of Topliss-reactive ketones (excluding diaryl/α,β-unsaturated/α-hetero) is 1. The first-order chi connectivity index (χ1) is 16.9. The van der Waals surface area contributed by atoms with Crippen LogP contribution < -0.4 is 14.4 Å². The van der Waals surface area contributed by atoms with Crippen LogP contribution >= 0.6 is 0 Å². The summed E-state index contributed by atoms with van der Waals surface area (Å²) in [5.41, 5.74) is 2.99. The summed E-state index contributed by atoms with van der Waals surface area (Å²) in [6.07, 6.45) is 3.98. The maximum absolute atomic E-state index is 13.6. The van der Waals surface area contributed by atoms with Crippen LogP contribution in [0.15, 0.2) is 60.7 Å². The van der Waals surface area contributed by atoms with Gasteiger partial charge in [0.2, 0.25) is 0 Å². The van der Waals surface area contributed by atoms with Gasteiger partial charge < -0.3 is 19.5 Å². The van der Waals surface area contributed by atoms with Gasteiger partial charge in [-0.25, -0.2) is 0 Å². The molecule has 2 aliphatic rings. The first-order valence-corrected chi connectivity index (χ1v) is 11.9. The number of aliphatic hydroxyl groups is 1. The van der Waals surface area contributed by atoms with Crippen LogP contribution in [0, 0.1) is 0 Å². The molecule has 5 rings (SSSR count). The van der Waals surface area contributed by atoms with E-state index in [9.17, 15) is 14.7 Å². The lowest BCUT2D eigenvalue weighted by Gasteiger charge is -2.23. The van der Waals surface area contributed by atoms with Crippen molar-refractivity contribution in [2.24, 2.45) is 0 Å². The molecule has 0 unspecified atom stereocenters. The normalized spacial score (nSPS) is 18.7. The smallest absolute Gasteiger partial charge is 0.264 e. The Morgan fingerprint density at radius 2 is 1.69 bits per heavy atom. The fourth-order valence-corrected chi connectivity index (χ4v) is 5.24. The summed E-state index contributed by atoms with van der Waals surface area (Å²) >= 11 is 0. The zero-order chi connectivity index (χ0) is 24.6. The number of benzene rings is 3. The summed E-state index contributed by atoms with van der Waals surface area (Å²) in [5.74, 6) is 0.413. The molecule has 1 atom stereocenters. The molecule has 0 saturated heterocycles. The van der Waals surface area contributed by atoms with E-state index in [1.807, 2.05) is 36.4 Å². The van der Waals surface area contributed by atoms with Gasteiger partial charge in [0.15, 0.2) is 22.9 Å². The Kier molecular flexibility index (Phi) is 6.07. The van der Waals surface area contributed by atoms with E-state index in [4.69, 9.17) is 9.47 Å². The quantitative estimate of drug-likeness (QED) is 0.510. The van der Waals surface area contributed by atoms with Gasteiger partial charge in [0, 0.05) is 11.1 Å². The number of aryl methyl sites for hydroxylation is 2. The molecule has 0 saturated carbocycles. The van der Waals surface area contributed by atoms with E-state index in [-0.39, 0.29) is 18.7 Å². The molecular formula is C29H29NO5. The topological polar surface area (TPSA) is 76.1 Å². The maximum Gasteiger partial charge on any atom is 0.264 e. The summed E-state index contributed by atoms with van der Waals surface area (Å²) in [7, 11) is 3.13. The lowest BCUT2D eigenvalue weighted by molar-refractivity contribution is -0.136. The standard InChI is InChI=1S/C29H29NO5/c1-34-26-14-11-19(15-27(26)35-2)18-30-24-10-6-5-9-23(24)29(33,28(30)32)17-25(31)22-13-12-20-7-3-4-8-21(20)16-22/h5-6,9-16,33H,3-4,7-8,17-18H2,1-2H3/t29-/m1/s1. The number of rotatable bonds is 7. The second kappa shape index (κ2) is 9.19. The van der Waals surface area contributed by atoms with Crippen molar-refractivity contribution in [1.29, 1.82) is 0 Å². The minimum atomic E-state index is -1.92. The summed E-state index contributed by atoms with van der Waals surface area (Å²) in [4.78, 5) is 28.5. The first kappa shape index (κ1) is 23.1.